The lowest BCUT2D eigenvalue weighted by Gasteiger charge is -2.33. The Morgan fingerprint density at radius 3 is 2.25 bits per heavy atom. The van der Waals surface area contributed by atoms with Crippen molar-refractivity contribution in [3.63, 3.8) is 0 Å². The Morgan fingerprint density at radius 2 is 1.58 bits per heavy atom. The van der Waals surface area contributed by atoms with Crippen LogP contribution in [0.1, 0.15) is 51.4 Å². The molecule has 2 amide bonds. The average Bonchev–Trinajstić information content (AvgIpc) is 3.52. The fourth-order valence-electron chi connectivity index (χ4n) is 4.25. The van der Waals surface area contributed by atoms with Crippen LogP contribution in [-0.2, 0) is 9.59 Å². The summed E-state index contributed by atoms with van der Waals surface area (Å²) in [6, 6.07) is 0.255. The Balaban J connectivity index is 1.34. The Hall–Kier alpha value is -1.10. The quantitative estimate of drug-likeness (QED) is 0.743. The molecule has 24 heavy (non-hydrogen) atoms. The normalized spacial score (nSPS) is 28.2. The number of likely N-dealkylation sites (tertiary alicyclic amines) is 2. The van der Waals surface area contributed by atoms with E-state index < -0.39 is 0 Å². The van der Waals surface area contributed by atoms with Gasteiger partial charge >= 0.3 is 0 Å². The van der Waals surface area contributed by atoms with Crippen LogP contribution in [0, 0.1) is 11.8 Å². The lowest BCUT2D eigenvalue weighted by Crippen LogP contribution is -2.47. The lowest BCUT2D eigenvalue weighted by molar-refractivity contribution is -0.136. The number of amides is 2. The zero-order valence-electron chi connectivity index (χ0n) is 14.8. The van der Waals surface area contributed by atoms with Gasteiger partial charge in [0.05, 0.1) is 6.04 Å². The van der Waals surface area contributed by atoms with Crippen LogP contribution < -0.4 is 0 Å². The molecule has 0 aromatic heterocycles. The van der Waals surface area contributed by atoms with Crippen LogP contribution in [0.2, 0.25) is 0 Å². The number of carbonyl (C=O) groups is 2. The van der Waals surface area contributed by atoms with Crippen molar-refractivity contribution in [1.82, 2.24) is 14.7 Å². The maximum Gasteiger partial charge on any atom is 0.226 e. The van der Waals surface area contributed by atoms with Gasteiger partial charge in [-0.25, -0.2) is 0 Å². The summed E-state index contributed by atoms with van der Waals surface area (Å²) in [6.07, 6.45) is 9.18. The third-order valence-corrected chi connectivity index (χ3v) is 6.16. The SMILES string of the molecule is O=C(C1CC1)N1CCC(N(CCN2CCCCC2)C(=O)C2CC2)C1. The van der Waals surface area contributed by atoms with Gasteiger partial charge in [-0.15, -0.1) is 0 Å². The summed E-state index contributed by atoms with van der Waals surface area (Å²) in [5, 5.41) is 0. The summed E-state index contributed by atoms with van der Waals surface area (Å²) in [5.74, 6) is 1.27. The van der Waals surface area contributed by atoms with E-state index in [-0.39, 0.29) is 12.0 Å². The van der Waals surface area contributed by atoms with Gasteiger partial charge in [0.25, 0.3) is 0 Å². The summed E-state index contributed by atoms with van der Waals surface area (Å²) in [5.41, 5.74) is 0. The third kappa shape index (κ3) is 3.76. The van der Waals surface area contributed by atoms with E-state index in [9.17, 15) is 9.59 Å². The van der Waals surface area contributed by atoms with Crippen molar-refractivity contribution in [3.05, 3.63) is 0 Å². The highest BCUT2D eigenvalue weighted by molar-refractivity contribution is 5.83. The molecule has 4 rings (SSSR count). The van der Waals surface area contributed by atoms with E-state index in [1.165, 1.54) is 32.4 Å². The number of hydrogen-bond acceptors (Lipinski definition) is 3. The molecule has 0 radical (unpaired) electrons. The van der Waals surface area contributed by atoms with E-state index in [0.29, 0.717) is 17.7 Å². The summed E-state index contributed by atoms with van der Waals surface area (Å²) in [7, 11) is 0. The molecule has 2 heterocycles. The van der Waals surface area contributed by atoms with Crippen molar-refractivity contribution in [3.8, 4) is 0 Å². The van der Waals surface area contributed by atoms with Gasteiger partial charge in [0.15, 0.2) is 0 Å². The Morgan fingerprint density at radius 1 is 0.875 bits per heavy atom. The van der Waals surface area contributed by atoms with Gasteiger partial charge in [-0.3, -0.25) is 9.59 Å². The first-order chi connectivity index (χ1) is 11.7. The molecular weight excluding hydrogens is 302 g/mol. The largest absolute Gasteiger partial charge is 0.340 e. The number of piperidine rings is 1. The van der Waals surface area contributed by atoms with Crippen molar-refractivity contribution >= 4 is 11.8 Å². The number of hydrogen-bond donors (Lipinski definition) is 0. The molecule has 0 N–H and O–H groups in total. The molecule has 4 aliphatic rings. The molecule has 134 valence electrons. The van der Waals surface area contributed by atoms with Crippen LogP contribution >= 0.6 is 0 Å². The topological polar surface area (TPSA) is 43.9 Å². The second-order valence-electron chi connectivity index (χ2n) is 8.21. The smallest absolute Gasteiger partial charge is 0.226 e. The maximum atomic E-state index is 12.8. The van der Waals surface area contributed by atoms with Gasteiger partial charge in [-0.2, -0.15) is 0 Å². The highest BCUT2D eigenvalue weighted by Gasteiger charge is 2.41. The van der Waals surface area contributed by atoms with Crippen LogP contribution in [0.4, 0.5) is 0 Å². The fourth-order valence-corrected chi connectivity index (χ4v) is 4.25. The van der Waals surface area contributed by atoms with Crippen LogP contribution in [0.15, 0.2) is 0 Å². The zero-order valence-corrected chi connectivity index (χ0v) is 14.8. The average molecular weight is 333 g/mol. The van der Waals surface area contributed by atoms with Crippen LogP contribution in [0.25, 0.3) is 0 Å². The molecule has 2 aliphatic heterocycles. The molecule has 0 aromatic rings. The molecule has 0 bridgehead atoms. The molecule has 0 aromatic carbocycles. The molecule has 1 atom stereocenters. The molecule has 5 nitrogen and oxygen atoms in total. The van der Waals surface area contributed by atoms with Gasteiger partial charge in [0.1, 0.15) is 0 Å². The summed E-state index contributed by atoms with van der Waals surface area (Å²) >= 11 is 0. The van der Waals surface area contributed by atoms with Gasteiger partial charge in [-0.05, 0) is 58.0 Å². The third-order valence-electron chi connectivity index (χ3n) is 6.16. The van der Waals surface area contributed by atoms with Crippen LogP contribution in [-0.4, -0.2) is 71.8 Å². The first-order valence-electron chi connectivity index (χ1n) is 10.0. The molecule has 0 spiro atoms. The van der Waals surface area contributed by atoms with E-state index in [2.05, 4.69) is 9.80 Å². The zero-order chi connectivity index (χ0) is 16.5. The Labute approximate surface area is 145 Å². The van der Waals surface area contributed by atoms with E-state index in [0.717, 1.165) is 58.3 Å². The molecular formula is C19H31N3O2. The summed E-state index contributed by atoms with van der Waals surface area (Å²) < 4.78 is 0. The van der Waals surface area contributed by atoms with E-state index in [1.807, 2.05) is 4.90 Å². The number of nitrogens with zero attached hydrogens (tertiary/aromatic N) is 3. The fraction of sp³-hybridized carbons (Fsp3) is 0.895. The Kier molecular flexibility index (Phi) is 4.79. The van der Waals surface area contributed by atoms with Gasteiger partial charge in [-0.1, -0.05) is 6.42 Å². The predicted octanol–water partition coefficient (Wildman–Crippen LogP) is 1.72. The van der Waals surface area contributed by atoms with Crippen LogP contribution in [0.5, 0.6) is 0 Å². The molecule has 4 fully saturated rings. The standard InChI is InChI=1S/C19H31N3O2/c23-18(15-4-5-15)21-11-8-17(14-21)22(19(24)16-6-7-16)13-12-20-9-2-1-3-10-20/h15-17H,1-14H2. The van der Waals surface area contributed by atoms with Crippen molar-refractivity contribution in [1.29, 1.82) is 0 Å². The summed E-state index contributed by atoms with van der Waals surface area (Å²) in [4.78, 5) is 31.8. The molecule has 2 saturated heterocycles. The van der Waals surface area contributed by atoms with Crippen LogP contribution in [0.3, 0.4) is 0 Å². The lowest BCUT2D eigenvalue weighted by atomic mass is 10.1. The number of rotatable bonds is 6. The molecule has 2 aliphatic carbocycles. The second kappa shape index (κ2) is 7.03. The molecule has 2 saturated carbocycles. The number of carbonyl (C=O) groups excluding carboxylic acids is 2. The van der Waals surface area contributed by atoms with Gasteiger partial charge < -0.3 is 14.7 Å². The second-order valence-corrected chi connectivity index (χ2v) is 8.21. The van der Waals surface area contributed by atoms with Gasteiger partial charge in [0, 0.05) is 38.0 Å². The first kappa shape index (κ1) is 16.4. The summed E-state index contributed by atoms with van der Waals surface area (Å²) in [6.45, 7) is 5.84. The minimum Gasteiger partial charge on any atom is -0.340 e. The first-order valence-corrected chi connectivity index (χ1v) is 10.0. The highest BCUT2D eigenvalue weighted by atomic mass is 16.2. The van der Waals surface area contributed by atoms with Crippen molar-refractivity contribution < 1.29 is 9.59 Å². The Bertz CT molecular complexity index is 481. The predicted molar refractivity (Wildman–Crippen MR) is 92.4 cm³/mol. The maximum absolute atomic E-state index is 12.8. The minimum absolute atomic E-state index is 0.255. The minimum atomic E-state index is 0.255. The van der Waals surface area contributed by atoms with Crippen molar-refractivity contribution in [2.24, 2.45) is 11.8 Å². The van der Waals surface area contributed by atoms with Crippen molar-refractivity contribution in [2.75, 3.05) is 39.3 Å². The van der Waals surface area contributed by atoms with E-state index >= 15 is 0 Å². The van der Waals surface area contributed by atoms with Crippen molar-refractivity contribution in [2.45, 2.75) is 57.4 Å². The molecule has 5 heteroatoms. The van der Waals surface area contributed by atoms with Gasteiger partial charge in [0.2, 0.25) is 11.8 Å². The monoisotopic (exact) mass is 333 g/mol. The van der Waals surface area contributed by atoms with E-state index in [1.54, 1.807) is 0 Å². The highest BCUT2D eigenvalue weighted by Crippen LogP contribution is 2.35. The molecule has 1 unspecified atom stereocenters. The van der Waals surface area contributed by atoms with E-state index in [4.69, 9.17) is 0 Å².